The fourth-order valence-corrected chi connectivity index (χ4v) is 17.3. The largest absolute Gasteiger partial charge is 0.477 e. The molecule has 388 valence electrons. The van der Waals surface area contributed by atoms with Crippen LogP contribution in [0.15, 0.2) is 60.7 Å². The number of carboxylic acid groups (broad SMARTS) is 5. The Bertz CT molecular complexity index is 2820. The average molecular weight is 1020 g/mol. The van der Waals surface area contributed by atoms with Gasteiger partial charge in [0.25, 0.3) is 0 Å². The second-order valence-electron chi connectivity index (χ2n) is 23.6. The van der Waals surface area contributed by atoms with E-state index in [2.05, 4.69) is 29.2 Å². The highest BCUT2D eigenvalue weighted by molar-refractivity contribution is 5.95. The highest BCUT2D eigenvalue weighted by Crippen LogP contribution is 2.54. The van der Waals surface area contributed by atoms with Crippen LogP contribution in [0.25, 0.3) is 0 Å². The molecule has 73 heavy (non-hydrogen) atoms. The Balaban J connectivity index is 0.959. The van der Waals surface area contributed by atoms with E-state index in [0.717, 1.165) is 17.7 Å². The quantitative estimate of drug-likeness (QED) is 0.0626. The molecule has 2 aromatic heterocycles. The van der Waals surface area contributed by atoms with Crippen LogP contribution in [-0.4, -0.2) is 274 Å². The number of aliphatic carboxylic acids is 4. The second kappa shape index (κ2) is 17.4. The van der Waals surface area contributed by atoms with Crippen LogP contribution in [0.1, 0.15) is 43.5 Å². The summed E-state index contributed by atoms with van der Waals surface area (Å²) < 4.78 is 3.63. The number of nitrogens with zero attached hydrogens (tertiary/aromatic N) is 10. The fraction of sp³-hybridized carbons (Fsp3) is 0.569. The van der Waals surface area contributed by atoms with E-state index in [1.165, 1.54) is 6.07 Å². The number of aromatic carboxylic acids is 1. The van der Waals surface area contributed by atoms with Crippen LogP contribution in [0.3, 0.4) is 0 Å². The Morgan fingerprint density at radius 3 is 1.00 bits per heavy atom. The molecule has 8 aliphatic heterocycles. The van der Waals surface area contributed by atoms with E-state index in [9.17, 15) is 59.4 Å². The minimum Gasteiger partial charge on any atom is -0.477 e. The molecule has 0 amide bonds. The molecule has 8 aliphatic rings. The number of piperazine rings is 4. The third kappa shape index (κ3) is 7.86. The summed E-state index contributed by atoms with van der Waals surface area (Å²) in [7, 11) is 0. The summed E-state index contributed by atoms with van der Waals surface area (Å²) in [4.78, 5) is 85.7. The number of hydrogen-bond donors (Lipinski definition) is 6. The van der Waals surface area contributed by atoms with Gasteiger partial charge in [-0.05, 0) is 30.3 Å². The second-order valence-corrected chi connectivity index (χ2v) is 23.6. The zero-order valence-corrected chi connectivity index (χ0v) is 41.4. The van der Waals surface area contributed by atoms with Gasteiger partial charge in [-0.3, -0.25) is 13.8 Å². The lowest BCUT2D eigenvalue weighted by molar-refractivity contribution is -1.23. The van der Waals surface area contributed by atoms with Gasteiger partial charge in [0, 0.05) is 11.1 Å². The third-order valence-corrected chi connectivity index (χ3v) is 20.0. The molecule has 0 aliphatic carbocycles. The zero-order chi connectivity index (χ0) is 51.4. The molecule has 0 radical (unpaired) electrons. The van der Waals surface area contributed by atoms with Crippen molar-refractivity contribution >= 4 is 35.6 Å². The van der Waals surface area contributed by atoms with Crippen molar-refractivity contribution in [2.75, 3.05) is 138 Å². The number of aliphatic hydroxyl groups is 1. The van der Waals surface area contributed by atoms with Crippen LogP contribution < -0.4 is 0 Å². The number of carbonyl (C=O) groups is 6. The summed E-state index contributed by atoms with van der Waals surface area (Å²) >= 11 is 0. The molecule has 12 atom stereocenters. The van der Waals surface area contributed by atoms with E-state index in [-0.39, 0.29) is 62.2 Å². The van der Waals surface area contributed by atoms with Crippen LogP contribution in [0.5, 0.6) is 0 Å². The summed E-state index contributed by atoms with van der Waals surface area (Å²) in [6.45, 7) is 11.3. The van der Waals surface area contributed by atoms with Gasteiger partial charge >= 0.3 is 54.5 Å². The number of aromatic nitrogens is 2. The van der Waals surface area contributed by atoms with E-state index in [1.54, 1.807) is 18.2 Å². The SMILES string of the molecule is O=C(O)C[N+]12CC[N+]3(Cc4cccc(C[N+]56CC[N+]7(CC(=O)O)CC[N+]8(Cc9cccc(C(=O)CO)n9)CC[N+](CC(=O)O)(CC5)C8C76)c4)CC[N+]4(CC(=O)O)CC[N+](Cc5cccc(C(=O)O)n5)(CC1)C4C23. The Kier molecular flexibility index (Phi) is 11.8. The molecule has 10 heterocycles. The van der Waals surface area contributed by atoms with Crippen LogP contribution >= 0.6 is 0 Å². The Morgan fingerprint density at radius 2 is 0.685 bits per heavy atom. The number of hydrogen-bond acceptors (Lipinski definition) is 9. The van der Waals surface area contributed by atoms with Gasteiger partial charge in [0.2, 0.25) is 5.78 Å². The van der Waals surface area contributed by atoms with Gasteiger partial charge in [-0.15, -0.1) is 0 Å². The normalized spacial score (nSPS) is 38.3. The molecule has 11 rings (SSSR count). The molecule has 0 spiro atoms. The number of pyridine rings is 2. The van der Waals surface area contributed by atoms with Gasteiger partial charge in [0.1, 0.15) is 149 Å². The predicted molar refractivity (Wildman–Crippen MR) is 253 cm³/mol. The highest BCUT2D eigenvalue weighted by Gasteiger charge is 2.83. The lowest BCUT2D eigenvalue weighted by atomic mass is 9.97. The smallest absolute Gasteiger partial charge is 0.359 e. The third-order valence-electron chi connectivity index (χ3n) is 20.0. The minimum atomic E-state index is -1.13. The maximum absolute atomic E-state index is 13.0. The summed E-state index contributed by atoms with van der Waals surface area (Å²) in [5, 5.41) is 61.9. The van der Waals surface area contributed by atoms with E-state index >= 15 is 0 Å². The number of aliphatic hydroxyl groups excluding tert-OH is 1. The maximum atomic E-state index is 13.0. The van der Waals surface area contributed by atoms with Gasteiger partial charge in [0.15, 0.2) is 26.2 Å². The van der Waals surface area contributed by atoms with E-state index in [1.807, 2.05) is 12.1 Å². The lowest BCUT2D eigenvalue weighted by Gasteiger charge is -2.59. The Hall–Kier alpha value is -5.82. The number of rotatable bonds is 19. The molecule has 1 aromatic carbocycles. The number of carbonyl (C=O) groups excluding carboxylic acids is 1. The fourth-order valence-electron chi connectivity index (χ4n) is 17.3. The molecule has 12 unspecified atom stereocenters. The summed E-state index contributed by atoms with van der Waals surface area (Å²) in [5.74, 6) is -5.18. The standard InChI is InChI=1S/C51H65N10O12/c62-35-42(63)40-8-2-6-38(52-40)29-56-14-22-58(31-43(64)65)18-10-54(12-20-60(24-16-56,33-45(68)69)49(56)47(54)58)27-36-4-1-5-37(26-36)28-55-11-19-59(32-44(66)67)23-15-57(30-39-7-3-9-41(53-39)51(72)73)17-25-61(21-13-55,34-46(70)71)50(57)48(55)59/h1-9,26,47-50,62H,10-25,27-35H2/q+3/p+5. The monoisotopic (exact) mass is 1010 g/mol. The van der Waals surface area contributed by atoms with E-state index in [4.69, 9.17) is 4.98 Å². The van der Waals surface area contributed by atoms with Crippen LogP contribution in [-0.2, 0) is 45.4 Å². The van der Waals surface area contributed by atoms with Gasteiger partial charge in [0.05, 0.1) is 11.4 Å². The molecule has 8 saturated heterocycles. The van der Waals surface area contributed by atoms with E-state index < -0.39 is 42.2 Å². The molecule has 0 bridgehead atoms. The van der Waals surface area contributed by atoms with Crippen molar-refractivity contribution < 1.29 is 95.3 Å². The summed E-state index contributed by atoms with van der Waals surface area (Å²) in [5.41, 5.74) is 3.58. The lowest BCUT2D eigenvalue weighted by Crippen LogP contribution is -2.86. The van der Waals surface area contributed by atoms with Gasteiger partial charge < -0.3 is 30.6 Å². The molecule has 3 aromatic rings. The first-order valence-electron chi connectivity index (χ1n) is 25.9. The summed E-state index contributed by atoms with van der Waals surface area (Å²) in [6, 6.07) is 18.9. The summed E-state index contributed by atoms with van der Waals surface area (Å²) in [6.07, 6.45) is -1.04. The minimum absolute atomic E-state index is 0.0559. The first-order chi connectivity index (χ1) is 34.8. The molecule has 22 heteroatoms. The molecular formula is C51H70N10O12+8. The average Bonchev–Trinajstić information content (AvgIpc) is 4.03. The first-order valence-corrected chi connectivity index (χ1v) is 25.9. The van der Waals surface area contributed by atoms with Crippen LogP contribution in [0, 0.1) is 0 Å². The number of benzene rings is 1. The highest BCUT2D eigenvalue weighted by atomic mass is 16.4. The van der Waals surface area contributed by atoms with Crippen LogP contribution in [0.2, 0.25) is 0 Å². The number of carboxylic acids is 5. The van der Waals surface area contributed by atoms with Crippen LogP contribution in [0.4, 0.5) is 0 Å². The van der Waals surface area contributed by atoms with Crippen molar-refractivity contribution in [1.82, 2.24) is 9.97 Å². The topological polar surface area (TPSA) is 250 Å². The van der Waals surface area contributed by atoms with Gasteiger partial charge in [-0.1, -0.05) is 30.3 Å². The Morgan fingerprint density at radius 1 is 0.397 bits per heavy atom. The molecule has 22 nitrogen and oxygen atoms in total. The van der Waals surface area contributed by atoms with Crippen molar-refractivity contribution in [1.29, 1.82) is 0 Å². The van der Waals surface area contributed by atoms with Crippen molar-refractivity contribution in [3.05, 3.63) is 94.6 Å². The number of Topliss-reactive ketones (excluding diaryl/α,β-unsaturated/α-hetero) is 1. The van der Waals surface area contributed by atoms with Gasteiger partial charge in [-0.2, -0.15) is 0 Å². The molecule has 8 fully saturated rings. The van der Waals surface area contributed by atoms with Crippen molar-refractivity contribution in [3.8, 4) is 0 Å². The number of quaternary nitrogens is 8. The van der Waals surface area contributed by atoms with Crippen molar-refractivity contribution in [2.24, 2.45) is 0 Å². The molecule has 6 N–H and O–H groups in total. The van der Waals surface area contributed by atoms with E-state index in [0.29, 0.717) is 172 Å². The van der Waals surface area contributed by atoms with Gasteiger partial charge in [-0.25, -0.2) is 60.8 Å². The maximum Gasteiger partial charge on any atom is 0.359 e. The Labute approximate surface area is 422 Å². The zero-order valence-electron chi connectivity index (χ0n) is 41.4. The van der Waals surface area contributed by atoms with Crippen molar-refractivity contribution in [2.45, 2.75) is 50.8 Å². The molecule has 0 saturated carbocycles. The predicted octanol–water partition coefficient (Wildman–Crippen LogP) is -0.964. The first kappa shape index (κ1) is 49.4. The van der Waals surface area contributed by atoms with Crippen molar-refractivity contribution in [3.63, 3.8) is 0 Å². The molecular weight excluding hydrogens is 945 g/mol. The number of ketones is 1.